The largest absolute Gasteiger partial charge is 0.338 e. The number of aromatic nitrogens is 2. The molecule has 1 saturated carbocycles. The first-order chi connectivity index (χ1) is 9.34. The van der Waals surface area contributed by atoms with Crippen molar-refractivity contribution in [2.45, 2.75) is 70.3 Å². The minimum absolute atomic E-state index is 0.273. The molecule has 2 fully saturated rings. The lowest BCUT2D eigenvalue weighted by Crippen LogP contribution is -2.17. The van der Waals surface area contributed by atoms with Crippen LogP contribution in [0.25, 0.3) is 0 Å². The molecule has 1 aliphatic heterocycles. The van der Waals surface area contributed by atoms with Gasteiger partial charge in [-0.25, -0.2) is 0 Å². The molecule has 0 aromatic carbocycles. The molecule has 2 atom stereocenters. The fourth-order valence-electron chi connectivity index (χ4n) is 3.42. The Labute approximate surface area is 115 Å². The lowest BCUT2D eigenvalue weighted by atomic mass is 9.91. The monoisotopic (exact) mass is 263 g/mol. The van der Waals surface area contributed by atoms with Crippen molar-refractivity contribution in [2.24, 2.45) is 5.92 Å². The van der Waals surface area contributed by atoms with Crippen molar-refractivity contribution in [2.75, 3.05) is 6.54 Å². The average molecular weight is 263 g/mol. The molecule has 106 valence electrons. The van der Waals surface area contributed by atoms with Crippen LogP contribution in [0.1, 0.15) is 82.0 Å². The predicted octanol–water partition coefficient (Wildman–Crippen LogP) is 3.57. The van der Waals surface area contributed by atoms with E-state index in [1.807, 2.05) is 0 Å². The van der Waals surface area contributed by atoms with Gasteiger partial charge >= 0.3 is 0 Å². The minimum Gasteiger partial charge on any atom is -0.338 e. The van der Waals surface area contributed by atoms with Crippen LogP contribution in [0.2, 0.25) is 0 Å². The average Bonchev–Trinajstić information content (AvgIpc) is 2.97. The Bertz CT molecular complexity index is 396. The van der Waals surface area contributed by atoms with Crippen LogP contribution in [-0.4, -0.2) is 16.7 Å². The molecular formula is C15H25N3O. The van der Waals surface area contributed by atoms with Crippen LogP contribution in [0.3, 0.4) is 0 Å². The molecule has 0 spiro atoms. The van der Waals surface area contributed by atoms with Gasteiger partial charge in [0.1, 0.15) is 0 Å². The SMILES string of the molecule is CC1CCNC1c1nc(C2CCCCCCC2)no1. The Morgan fingerprint density at radius 1 is 1.05 bits per heavy atom. The molecule has 0 radical (unpaired) electrons. The second kappa shape index (κ2) is 6.04. The second-order valence-electron chi connectivity index (χ2n) is 6.23. The molecule has 4 heteroatoms. The highest BCUT2D eigenvalue weighted by Gasteiger charge is 2.30. The highest BCUT2D eigenvalue weighted by molar-refractivity contribution is 5.01. The summed E-state index contributed by atoms with van der Waals surface area (Å²) in [6, 6.07) is 0.273. The summed E-state index contributed by atoms with van der Waals surface area (Å²) in [6.07, 6.45) is 10.4. The van der Waals surface area contributed by atoms with E-state index in [0.29, 0.717) is 11.8 Å². The molecular weight excluding hydrogens is 238 g/mol. The van der Waals surface area contributed by atoms with Crippen LogP contribution in [0, 0.1) is 5.92 Å². The van der Waals surface area contributed by atoms with E-state index in [9.17, 15) is 0 Å². The number of rotatable bonds is 2. The summed E-state index contributed by atoms with van der Waals surface area (Å²) in [5.41, 5.74) is 0. The van der Waals surface area contributed by atoms with Gasteiger partial charge in [0.05, 0.1) is 6.04 Å². The Morgan fingerprint density at radius 3 is 2.47 bits per heavy atom. The Kier molecular flexibility index (Phi) is 4.16. The van der Waals surface area contributed by atoms with Gasteiger partial charge in [-0.15, -0.1) is 0 Å². The van der Waals surface area contributed by atoms with Crippen molar-refractivity contribution in [3.8, 4) is 0 Å². The van der Waals surface area contributed by atoms with E-state index in [-0.39, 0.29) is 6.04 Å². The number of hydrogen-bond donors (Lipinski definition) is 1. The van der Waals surface area contributed by atoms with Gasteiger partial charge in [0.25, 0.3) is 0 Å². The summed E-state index contributed by atoms with van der Waals surface area (Å²) in [7, 11) is 0. The van der Waals surface area contributed by atoms with Gasteiger partial charge in [0, 0.05) is 5.92 Å². The topological polar surface area (TPSA) is 51.0 Å². The van der Waals surface area contributed by atoms with Crippen molar-refractivity contribution in [1.82, 2.24) is 15.5 Å². The van der Waals surface area contributed by atoms with E-state index in [1.54, 1.807) is 0 Å². The summed E-state index contributed by atoms with van der Waals surface area (Å²) in [5.74, 6) is 2.89. The Morgan fingerprint density at radius 2 is 1.79 bits per heavy atom. The molecule has 2 heterocycles. The van der Waals surface area contributed by atoms with Crippen LogP contribution < -0.4 is 5.32 Å². The maximum atomic E-state index is 5.52. The van der Waals surface area contributed by atoms with Crippen molar-refractivity contribution >= 4 is 0 Å². The zero-order valence-electron chi connectivity index (χ0n) is 11.9. The van der Waals surface area contributed by atoms with E-state index < -0.39 is 0 Å². The minimum atomic E-state index is 0.273. The van der Waals surface area contributed by atoms with Crippen molar-refractivity contribution < 1.29 is 4.52 Å². The lowest BCUT2D eigenvalue weighted by molar-refractivity contribution is 0.313. The van der Waals surface area contributed by atoms with Crippen LogP contribution in [-0.2, 0) is 0 Å². The molecule has 2 aliphatic rings. The Hall–Kier alpha value is -0.900. The molecule has 1 N–H and O–H groups in total. The molecule has 1 aromatic rings. The van der Waals surface area contributed by atoms with E-state index in [1.165, 1.54) is 51.4 Å². The van der Waals surface area contributed by atoms with Gasteiger partial charge in [0.15, 0.2) is 5.82 Å². The van der Waals surface area contributed by atoms with Gasteiger partial charge in [0.2, 0.25) is 5.89 Å². The van der Waals surface area contributed by atoms with E-state index in [0.717, 1.165) is 18.3 Å². The standard InChI is InChI=1S/C15H25N3O/c1-11-9-10-16-13(11)15-17-14(18-19-15)12-7-5-3-2-4-6-8-12/h11-13,16H,2-10H2,1H3. The van der Waals surface area contributed by atoms with E-state index in [2.05, 4.69) is 17.4 Å². The first kappa shape index (κ1) is 13.1. The molecule has 3 rings (SSSR count). The zero-order chi connectivity index (χ0) is 13.1. The number of hydrogen-bond acceptors (Lipinski definition) is 4. The molecule has 4 nitrogen and oxygen atoms in total. The smallest absolute Gasteiger partial charge is 0.244 e. The van der Waals surface area contributed by atoms with Crippen LogP contribution in [0.15, 0.2) is 4.52 Å². The zero-order valence-corrected chi connectivity index (χ0v) is 11.9. The summed E-state index contributed by atoms with van der Waals surface area (Å²) >= 11 is 0. The summed E-state index contributed by atoms with van der Waals surface area (Å²) in [5, 5.41) is 7.73. The normalized spacial score (nSPS) is 30.2. The van der Waals surface area contributed by atoms with Crippen LogP contribution in [0.5, 0.6) is 0 Å². The summed E-state index contributed by atoms with van der Waals surface area (Å²) in [6.45, 7) is 3.32. The maximum absolute atomic E-state index is 5.52. The number of nitrogens with zero attached hydrogens (tertiary/aromatic N) is 2. The maximum Gasteiger partial charge on any atom is 0.244 e. The van der Waals surface area contributed by atoms with Gasteiger partial charge in [-0.2, -0.15) is 4.98 Å². The Balaban J connectivity index is 1.69. The molecule has 0 bridgehead atoms. The van der Waals surface area contributed by atoms with E-state index >= 15 is 0 Å². The van der Waals surface area contributed by atoms with Gasteiger partial charge in [-0.1, -0.05) is 44.2 Å². The first-order valence-electron chi connectivity index (χ1n) is 7.91. The first-order valence-corrected chi connectivity index (χ1v) is 7.91. The third kappa shape index (κ3) is 2.99. The quantitative estimate of drug-likeness (QED) is 0.886. The molecule has 1 saturated heterocycles. The van der Waals surface area contributed by atoms with Crippen LogP contribution in [0.4, 0.5) is 0 Å². The molecule has 1 aromatic heterocycles. The molecule has 19 heavy (non-hydrogen) atoms. The fraction of sp³-hybridized carbons (Fsp3) is 0.867. The fourth-order valence-corrected chi connectivity index (χ4v) is 3.42. The highest BCUT2D eigenvalue weighted by atomic mass is 16.5. The van der Waals surface area contributed by atoms with Crippen molar-refractivity contribution in [1.29, 1.82) is 0 Å². The van der Waals surface area contributed by atoms with Crippen molar-refractivity contribution in [3.05, 3.63) is 11.7 Å². The van der Waals surface area contributed by atoms with Gasteiger partial charge in [-0.05, 0) is 31.7 Å². The number of nitrogens with one attached hydrogen (secondary N) is 1. The van der Waals surface area contributed by atoms with Gasteiger partial charge in [-0.3, -0.25) is 0 Å². The van der Waals surface area contributed by atoms with Crippen LogP contribution >= 0.6 is 0 Å². The highest BCUT2D eigenvalue weighted by Crippen LogP contribution is 2.32. The molecule has 1 aliphatic carbocycles. The van der Waals surface area contributed by atoms with Gasteiger partial charge < -0.3 is 9.84 Å². The third-order valence-corrected chi connectivity index (χ3v) is 4.73. The second-order valence-corrected chi connectivity index (χ2v) is 6.23. The third-order valence-electron chi connectivity index (χ3n) is 4.73. The molecule has 0 amide bonds. The molecule has 2 unspecified atom stereocenters. The van der Waals surface area contributed by atoms with Crippen molar-refractivity contribution in [3.63, 3.8) is 0 Å². The summed E-state index contributed by atoms with van der Waals surface area (Å²) in [4.78, 5) is 4.70. The lowest BCUT2D eigenvalue weighted by Gasteiger charge is -2.16. The predicted molar refractivity (Wildman–Crippen MR) is 73.9 cm³/mol. The van der Waals surface area contributed by atoms with E-state index in [4.69, 9.17) is 9.51 Å². The summed E-state index contributed by atoms with van der Waals surface area (Å²) < 4.78 is 5.52.